The summed E-state index contributed by atoms with van der Waals surface area (Å²) in [6, 6.07) is 5.00. The van der Waals surface area contributed by atoms with E-state index < -0.39 is 0 Å². The van der Waals surface area contributed by atoms with Gasteiger partial charge in [0.2, 0.25) is 5.91 Å². The van der Waals surface area contributed by atoms with Crippen LogP contribution in [-0.2, 0) is 11.3 Å². The third-order valence-electron chi connectivity index (χ3n) is 2.40. The molecular formula is C12H17ClN2O2. The molecule has 0 fully saturated rings. The van der Waals surface area contributed by atoms with Crippen LogP contribution < -0.4 is 11.1 Å². The predicted octanol–water partition coefficient (Wildman–Crippen LogP) is 1.79. The summed E-state index contributed by atoms with van der Waals surface area (Å²) in [4.78, 5) is 10.9. The number of phenolic OH excluding ortho intramolecular Hbond substituents is 1. The maximum absolute atomic E-state index is 10.9. The fourth-order valence-electron chi connectivity index (χ4n) is 1.50. The van der Waals surface area contributed by atoms with Crippen molar-refractivity contribution < 1.29 is 9.90 Å². The molecule has 0 radical (unpaired) electrons. The number of amides is 1. The first-order valence-corrected chi connectivity index (χ1v) is 5.69. The molecule has 0 aliphatic rings. The van der Waals surface area contributed by atoms with E-state index in [0.29, 0.717) is 11.6 Å². The minimum atomic E-state index is -0.365. The molecule has 1 rings (SSSR count). The topological polar surface area (TPSA) is 75.4 Å². The van der Waals surface area contributed by atoms with Crippen LogP contribution in [0, 0.1) is 0 Å². The number of primary amides is 1. The zero-order chi connectivity index (χ0) is 13.1. The van der Waals surface area contributed by atoms with E-state index in [1.807, 2.05) is 13.8 Å². The van der Waals surface area contributed by atoms with Gasteiger partial charge in [0, 0.05) is 18.5 Å². The third kappa shape index (κ3) is 4.63. The van der Waals surface area contributed by atoms with Crippen molar-refractivity contribution in [3.05, 3.63) is 28.8 Å². The van der Waals surface area contributed by atoms with E-state index in [2.05, 4.69) is 5.32 Å². The van der Waals surface area contributed by atoms with Gasteiger partial charge in [-0.2, -0.15) is 0 Å². The van der Waals surface area contributed by atoms with Crippen LogP contribution in [0.2, 0.25) is 5.02 Å². The summed E-state index contributed by atoms with van der Waals surface area (Å²) in [5, 5.41) is 12.8. The van der Waals surface area contributed by atoms with Crippen molar-refractivity contribution in [1.82, 2.24) is 5.32 Å². The number of hydrogen-bond acceptors (Lipinski definition) is 3. The first kappa shape index (κ1) is 13.8. The predicted molar refractivity (Wildman–Crippen MR) is 67.8 cm³/mol. The maximum atomic E-state index is 10.9. The zero-order valence-electron chi connectivity index (χ0n) is 9.96. The molecule has 0 saturated heterocycles. The van der Waals surface area contributed by atoms with Gasteiger partial charge in [-0.25, -0.2) is 0 Å². The van der Waals surface area contributed by atoms with Gasteiger partial charge < -0.3 is 16.2 Å². The van der Waals surface area contributed by atoms with Crippen molar-refractivity contribution in [3.63, 3.8) is 0 Å². The molecule has 0 unspecified atom stereocenters. The highest BCUT2D eigenvalue weighted by atomic mass is 35.5. The van der Waals surface area contributed by atoms with Crippen LogP contribution in [0.15, 0.2) is 18.2 Å². The molecule has 0 bridgehead atoms. The molecule has 0 aliphatic heterocycles. The maximum Gasteiger partial charge on any atom is 0.219 e. The van der Waals surface area contributed by atoms with E-state index in [9.17, 15) is 9.90 Å². The lowest BCUT2D eigenvalue weighted by Crippen LogP contribution is -2.42. The van der Waals surface area contributed by atoms with Crippen LogP contribution in [0.3, 0.4) is 0 Å². The van der Waals surface area contributed by atoms with Gasteiger partial charge in [-0.05, 0) is 31.5 Å². The summed E-state index contributed by atoms with van der Waals surface area (Å²) >= 11 is 5.80. The highest BCUT2D eigenvalue weighted by Crippen LogP contribution is 2.23. The standard InChI is InChI=1S/C12H17ClN2O2/c1-12(2,6-11(14)17)15-7-8-3-4-10(16)9(13)5-8/h3-5,15-16H,6-7H2,1-2H3,(H2,14,17). The average Bonchev–Trinajstić information content (AvgIpc) is 2.18. The Hall–Kier alpha value is -1.26. The molecule has 17 heavy (non-hydrogen) atoms. The molecule has 0 aliphatic carbocycles. The van der Waals surface area contributed by atoms with Crippen molar-refractivity contribution in [2.75, 3.05) is 0 Å². The molecule has 1 aromatic carbocycles. The van der Waals surface area contributed by atoms with E-state index in [4.69, 9.17) is 17.3 Å². The van der Waals surface area contributed by atoms with Gasteiger partial charge in [0.05, 0.1) is 5.02 Å². The second-order valence-corrected chi connectivity index (χ2v) is 5.07. The number of hydrogen-bond donors (Lipinski definition) is 3. The van der Waals surface area contributed by atoms with Crippen LogP contribution >= 0.6 is 11.6 Å². The van der Waals surface area contributed by atoms with E-state index in [1.165, 1.54) is 0 Å². The van der Waals surface area contributed by atoms with Crippen molar-refractivity contribution in [2.45, 2.75) is 32.4 Å². The zero-order valence-corrected chi connectivity index (χ0v) is 10.7. The summed E-state index contributed by atoms with van der Waals surface area (Å²) < 4.78 is 0. The minimum Gasteiger partial charge on any atom is -0.506 e. The van der Waals surface area contributed by atoms with Gasteiger partial charge in [0.15, 0.2) is 0 Å². The minimum absolute atomic E-state index is 0.0619. The Balaban J connectivity index is 2.60. The number of carbonyl (C=O) groups excluding carboxylic acids is 1. The second-order valence-electron chi connectivity index (χ2n) is 4.67. The molecule has 4 N–H and O–H groups in total. The Morgan fingerprint density at radius 3 is 2.71 bits per heavy atom. The van der Waals surface area contributed by atoms with Crippen LogP contribution in [0.25, 0.3) is 0 Å². The van der Waals surface area contributed by atoms with E-state index >= 15 is 0 Å². The van der Waals surface area contributed by atoms with Gasteiger partial charge in [-0.15, -0.1) is 0 Å². The summed E-state index contributed by atoms with van der Waals surface area (Å²) in [7, 11) is 0. The number of nitrogens with two attached hydrogens (primary N) is 1. The third-order valence-corrected chi connectivity index (χ3v) is 2.70. The molecule has 0 atom stereocenters. The molecule has 0 heterocycles. The Morgan fingerprint density at radius 2 is 2.18 bits per heavy atom. The first-order valence-electron chi connectivity index (χ1n) is 5.31. The molecule has 94 valence electrons. The Labute approximate surface area is 106 Å². The van der Waals surface area contributed by atoms with Gasteiger partial charge in [0.1, 0.15) is 5.75 Å². The second kappa shape index (κ2) is 5.38. The molecule has 0 aromatic heterocycles. The van der Waals surface area contributed by atoms with Crippen LogP contribution in [-0.4, -0.2) is 16.6 Å². The van der Waals surface area contributed by atoms with E-state index in [1.54, 1.807) is 18.2 Å². The number of carbonyl (C=O) groups is 1. The fraction of sp³-hybridized carbons (Fsp3) is 0.417. The number of nitrogens with one attached hydrogen (secondary N) is 1. The lowest BCUT2D eigenvalue weighted by Gasteiger charge is -2.25. The van der Waals surface area contributed by atoms with E-state index in [0.717, 1.165) is 5.56 Å². The molecule has 4 nitrogen and oxygen atoms in total. The van der Waals surface area contributed by atoms with Crippen molar-refractivity contribution in [1.29, 1.82) is 0 Å². The van der Waals surface area contributed by atoms with Crippen LogP contribution in [0.1, 0.15) is 25.8 Å². The summed E-state index contributed by atoms with van der Waals surface area (Å²) in [6.07, 6.45) is 0.263. The first-order chi connectivity index (χ1) is 7.80. The quantitative estimate of drug-likeness (QED) is 0.752. The monoisotopic (exact) mass is 256 g/mol. The average molecular weight is 257 g/mol. The van der Waals surface area contributed by atoms with Gasteiger partial charge in [-0.3, -0.25) is 4.79 Å². The summed E-state index contributed by atoms with van der Waals surface area (Å²) in [6.45, 7) is 4.36. The largest absolute Gasteiger partial charge is 0.506 e. The Kier molecular flexibility index (Phi) is 4.37. The fourth-order valence-corrected chi connectivity index (χ4v) is 1.70. The SMILES string of the molecule is CC(C)(CC(N)=O)NCc1ccc(O)c(Cl)c1. The lowest BCUT2D eigenvalue weighted by atomic mass is 10.00. The smallest absolute Gasteiger partial charge is 0.219 e. The lowest BCUT2D eigenvalue weighted by molar-refractivity contribution is -0.119. The number of aromatic hydroxyl groups is 1. The normalized spacial score (nSPS) is 11.5. The number of benzene rings is 1. The highest BCUT2D eigenvalue weighted by molar-refractivity contribution is 6.32. The summed E-state index contributed by atoms with van der Waals surface area (Å²) in [5.74, 6) is -0.280. The molecule has 1 amide bonds. The molecule has 5 heteroatoms. The number of phenols is 1. The Bertz CT molecular complexity index is 419. The van der Waals surface area contributed by atoms with Crippen molar-refractivity contribution in [2.24, 2.45) is 5.73 Å². The van der Waals surface area contributed by atoms with Crippen molar-refractivity contribution in [3.8, 4) is 5.75 Å². The van der Waals surface area contributed by atoms with Gasteiger partial charge >= 0.3 is 0 Å². The molecule has 0 spiro atoms. The Morgan fingerprint density at radius 1 is 1.53 bits per heavy atom. The molecule has 1 aromatic rings. The van der Waals surface area contributed by atoms with Crippen LogP contribution in [0.4, 0.5) is 0 Å². The number of halogens is 1. The summed E-state index contributed by atoms with van der Waals surface area (Å²) in [5.41, 5.74) is 5.73. The van der Waals surface area contributed by atoms with Crippen molar-refractivity contribution >= 4 is 17.5 Å². The number of rotatable bonds is 5. The molecular weight excluding hydrogens is 240 g/mol. The van der Waals surface area contributed by atoms with Gasteiger partial charge in [-0.1, -0.05) is 17.7 Å². The van der Waals surface area contributed by atoms with Gasteiger partial charge in [0.25, 0.3) is 0 Å². The van der Waals surface area contributed by atoms with Crippen LogP contribution in [0.5, 0.6) is 5.75 Å². The molecule has 0 saturated carbocycles. The highest BCUT2D eigenvalue weighted by Gasteiger charge is 2.19. The van der Waals surface area contributed by atoms with E-state index in [-0.39, 0.29) is 23.6 Å².